The highest BCUT2D eigenvalue weighted by Crippen LogP contribution is 2.43. The minimum atomic E-state index is -4.80. The molecule has 150 valence electrons. The molecule has 1 aliphatic rings. The van der Waals surface area contributed by atoms with Gasteiger partial charge in [0.2, 0.25) is 11.7 Å². The molecule has 0 spiro atoms. The molecule has 1 heterocycles. The lowest BCUT2D eigenvalue weighted by Gasteiger charge is -2.24. The smallest absolute Gasteiger partial charge is 0.369 e. The fraction of sp³-hybridized carbons (Fsp3) is 0.188. The molecular weight excluding hydrogens is 419 g/mol. The number of nitrogens with two attached hydrogens (primary N) is 2. The second-order valence-electron chi connectivity index (χ2n) is 6.19. The van der Waals surface area contributed by atoms with Gasteiger partial charge in [-0.25, -0.2) is 13.4 Å². The predicted molar refractivity (Wildman–Crippen MR) is 98.8 cm³/mol. The van der Waals surface area contributed by atoms with Crippen LogP contribution in [-0.4, -0.2) is 20.6 Å². The maximum Gasteiger partial charge on any atom is 0.417 e. The first kappa shape index (κ1) is 20.4. The van der Waals surface area contributed by atoms with E-state index in [1.807, 2.05) is 0 Å². The molecule has 1 atom stereocenters. The van der Waals surface area contributed by atoms with E-state index in [0.717, 1.165) is 18.4 Å². The molecule has 0 amide bonds. The van der Waals surface area contributed by atoms with Crippen molar-refractivity contribution in [2.45, 2.75) is 16.9 Å². The Hall–Kier alpha value is -2.34. The van der Waals surface area contributed by atoms with Gasteiger partial charge in [-0.1, -0.05) is 23.7 Å². The zero-order valence-corrected chi connectivity index (χ0v) is 15.9. The average Bonchev–Trinajstić information content (AvgIpc) is 2.93. The van der Waals surface area contributed by atoms with E-state index in [-0.39, 0.29) is 32.6 Å². The lowest BCUT2D eigenvalue weighted by atomic mass is 9.95. The Labute approximate surface area is 163 Å². The number of hydrogen-bond donors (Lipinski definition) is 4. The van der Waals surface area contributed by atoms with Crippen molar-refractivity contribution in [2.24, 2.45) is 16.5 Å². The van der Waals surface area contributed by atoms with E-state index in [1.54, 1.807) is 0 Å². The first-order valence-electron chi connectivity index (χ1n) is 7.70. The molecular formula is C16H15ClF3N5O2S. The van der Waals surface area contributed by atoms with Gasteiger partial charge < -0.3 is 5.73 Å². The van der Waals surface area contributed by atoms with E-state index in [4.69, 9.17) is 23.1 Å². The molecule has 6 N–H and O–H groups in total. The van der Waals surface area contributed by atoms with Gasteiger partial charge in [-0.2, -0.15) is 18.6 Å². The zero-order chi connectivity index (χ0) is 20.9. The molecule has 28 heavy (non-hydrogen) atoms. The Morgan fingerprint density at radius 1 is 1.21 bits per heavy atom. The summed E-state index contributed by atoms with van der Waals surface area (Å²) in [5, 5.41) is -0.275. The molecule has 0 aliphatic carbocycles. The largest absolute Gasteiger partial charge is 0.417 e. The van der Waals surface area contributed by atoms with Crippen LogP contribution < -0.4 is 22.3 Å². The molecule has 1 unspecified atom stereocenters. The third kappa shape index (κ3) is 3.78. The van der Waals surface area contributed by atoms with Crippen molar-refractivity contribution in [1.82, 2.24) is 10.9 Å². The highest BCUT2D eigenvalue weighted by Gasteiger charge is 2.39. The van der Waals surface area contributed by atoms with Gasteiger partial charge in [-0.15, -0.1) is 0 Å². The maximum absolute atomic E-state index is 13.8. The van der Waals surface area contributed by atoms with Gasteiger partial charge in [0, 0.05) is 22.4 Å². The van der Waals surface area contributed by atoms with Crippen molar-refractivity contribution >= 4 is 27.4 Å². The summed E-state index contributed by atoms with van der Waals surface area (Å²) in [5.41, 5.74) is 14.8. The number of rotatable bonds is 3. The van der Waals surface area contributed by atoms with Crippen molar-refractivity contribution in [3.63, 3.8) is 0 Å². The second-order valence-corrected chi connectivity index (χ2v) is 8.61. The van der Waals surface area contributed by atoms with E-state index in [0.29, 0.717) is 0 Å². The highest BCUT2D eigenvalue weighted by atomic mass is 35.5. The third-order valence-corrected chi connectivity index (χ3v) is 5.47. The Bertz CT molecular complexity index is 1090. The predicted octanol–water partition coefficient (Wildman–Crippen LogP) is 1.92. The molecule has 3 rings (SSSR count). The molecule has 0 aromatic heterocycles. The van der Waals surface area contributed by atoms with Crippen molar-refractivity contribution in [3.8, 4) is 11.1 Å². The van der Waals surface area contributed by atoms with Crippen molar-refractivity contribution in [3.05, 3.63) is 52.5 Å². The number of nitrogens with zero attached hydrogens (tertiary/aromatic N) is 1. The highest BCUT2D eigenvalue weighted by molar-refractivity contribution is 7.90. The van der Waals surface area contributed by atoms with Gasteiger partial charge in [-0.3, -0.25) is 11.2 Å². The third-order valence-electron chi connectivity index (χ3n) is 4.06. The van der Waals surface area contributed by atoms with Crippen LogP contribution in [0.15, 0.2) is 46.3 Å². The number of alkyl halides is 3. The molecule has 1 aliphatic heterocycles. The van der Waals surface area contributed by atoms with Crippen LogP contribution in [0.4, 0.5) is 13.2 Å². The molecule has 0 radical (unpaired) electrons. The van der Waals surface area contributed by atoms with Crippen LogP contribution in [-0.2, 0) is 21.8 Å². The average molecular weight is 434 g/mol. The first-order valence-corrected chi connectivity index (χ1v) is 9.97. The lowest BCUT2D eigenvalue weighted by molar-refractivity contribution is -0.137. The summed E-state index contributed by atoms with van der Waals surface area (Å²) < 4.78 is 64.9. The minimum absolute atomic E-state index is 0.00149. The van der Waals surface area contributed by atoms with Gasteiger partial charge >= 0.3 is 6.18 Å². The molecule has 12 heteroatoms. The van der Waals surface area contributed by atoms with Crippen molar-refractivity contribution in [1.29, 1.82) is 0 Å². The first-order chi connectivity index (χ1) is 12.8. The van der Waals surface area contributed by atoms with Gasteiger partial charge in [0.25, 0.3) is 0 Å². The van der Waals surface area contributed by atoms with Crippen LogP contribution in [0, 0.1) is 0 Å². The number of guanidine groups is 1. The summed E-state index contributed by atoms with van der Waals surface area (Å²) in [4.78, 5) is 3.72. The van der Waals surface area contributed by atoms with Crippen LogP contribution in [0.3, 0.4) is 0 Å². The van der Waals surface area contributed by atoms with Gasteiger partial charge in [0.15, 0.2) is 9.84 Å². The molecule has 2 aromatic carbocycles. The topological polar surface area (TPSA) is 123 Å². The Morgan fingerprint density at radius 2 is 1.89 bits per heavy atom. The standard InChI is InChI=1S/C16H15ClF3N5O2S/c1-28(26,27)10-4-2-3-8(5-10)13-11(15(18,19)20)6-9(7-12(13)17)16(22)23-14(21)24-25-16/h2-7,25H,22H2,1H3,(H3,21,23,24). The summed E-state index contributed by atoms with van der Waals surface area (Å²) in [6, 6.07) is 7.12. The molecule has 7 nitrogen and oxygen atoms in total. The quantitative estimate of drug-likeness (QED) is 0.586. The maximum atomic E-state index is 13.8. The molecule has 0 bridgehead atoms. The Balaban J connectivity index is 2.26. The number of aliphatic imine (C=N–C) groups is 1. The summed E-state index contributed by atoms with van der Waals surface area (Å²) in [6.45, 7) is 0. The summed E-state index contributed by atoms with van der Waals surface area (Å²) >= 11 is 6.19. The fourth-order valence-electron chi connectivity index (χ4n) is 2.77. The van der Waals surface area contributed by atoms with Gasteiger partial charge in [0.1, 0.15) is 0 Å². The number of halogens is 4. The Morgan fingerprint density at radius 3 is 2.43 bits per heavy atom. The monoisotopic (exact) mass is 433 g/mol. The normalized spacial score (nSPS) is 20.0. The Kier molecular flexibility index (Phi) is 4.82. The van der Waals surface area contributed by atoms with Crippen LogP contribution in [0.25, 0.3) is 11.1 Å². The van der Waals surface area contributed by atoms with Gasteiger partial charge in [-0.05, 0) is 29.8 Å². The number of hydrogen-bond acceptors (Lipinski definition) is 7. The minimum Gasteiger partial charge on any atom is -0.369 e. The van der Waals surface area contributed by atoms with Crippen LogP contribution in [0.5, 0.6) is 0 Å². The molecule has 2 aromatic rings. The van der Waals surface area contributed by atoms with E-state index in [9.17, 15) is 21.6 Å². The zero-order valence-electron chi connectivity index (χ0n) is 14.3. The van der Waals surface area contributed by atoms with E-state index < -0.39 is 27.4 Å². The van der Waals surface area contributed by atoms with Gasteiger partial charge in [0.05, 0.1) is 10.5 Å². The van der Waals surface area contributed by atoms with E-state index in [2.05, 4.69) is 15.8 Å². The van der Waals surface area contributed by atoms with Crippen LogP contribution in [0.1, 0.15) is 11.1 Å². The summed E-state index contributed by atoms with van der Waals surface area (Å²) in [6.07, 6.45) is -3.84. The van der Waals surface area contributed by atoms with E-state index >= 15 is 0 Å². The number of benzene rings is 2. The molecule has 0 saturated heterocycles. The van der Waals surface area contributed by atoms with Crippen LogP contribution >= 0.6 is 11.6 Å². The second kappa shape index (κ2) is 6.62. The lowest BCUT2D eigenvalue weighted by Crippen LogP contribution is -2.50. The molecule has 0 fully saturated rings. The fourth-order valence-corrected chi connectivity index (χ4v) is 3.76. The summed E-state index contributed by atoms with van der Waals surface area (Å²) in [5.74, 6) is -1.85. The number of sulfone groups is 1. The number of nitrogens with one attached hydrogen (secondary N) is 2. The SMILES string of the molecule is CS(=O)(=O)c1cccc(-c2c(Cl)cc(C3(N)N=C(N)NN3)cc2C(F)(F)F)c1. The number of hydrazine groups is 1. The van der Waals surface area contributed by atoms with Crippen LogP contribution in [0.2, 0.25) is 5.02 Å². The summed E-state index contributed by atoms with van der Waals surface area (Å²) in [7, 11) is -3.63. The van der Waals surface area contributed by atoms with Crippen molar-refractivity contribution in [2.75, 3.05) is 6.26 Å². The molecule has 0 saturated carbocycles. The van der Waals surface area contributed by atoms with E-state index in [1.165, 1.54) is 24.3 Å². The van der Waals surface area contributed by atoms with Crippen molar-refractivity contribution < 1.29 is 21.6 Å².